The summed E-state index contributed by atoms with van der Waals surface area (Å²) in [5, 5.41) is 0. The molecular formula is C20H28N2O4P2. The topological polar surface area (TPSA) is 59.0 Å². The highest BCUT2D eigenvalue weighted by molar-refractivity contribution is 7.39. The maximum atomic E-state index is 6.34. The first kappa shape index (κ1) is 20.9. The molecule has 4 aromatic rings. The van der Waals surface area contributed by atoms with E-state index in [1.165, 1.54) is 0 Å². The quantitative estimate of drug-likeness (QED) is 0.422. The smallest absolute Gasteiger partial charge is 0.309 e. The van der Waals surface area contributed by atoms with Crippen molar-refractivity contribution in [2.75, 3.05) is 35.5 Å². The predicted octanol–water partition coefficient (Wildman–Crippen LogP) is 7.10. The third-order valence-electron chi connectivity index (χ3n) is 4.31. The Kier molecular flexibility index (Phi) is 7.52. The van der Waals surface area contributed by atoms with Crippen LogP contribution in [0.15, 0.2) is 65.3 Å². The summed E-state index contributed by atoms with van der Waals surface area (Å²) >= 11 is 0. The zero-order valence-corrected chi connectivity index (χ0v) is 18.7. The third kappa shape index (κ3) is 4.95. The lowest BCUT2D eigenvalue weighted by atomic mass is 10.3. The van der Waals surface area contributed by atoms with Gasteiger partial charge in [-0.3, -0.25) is 0 Å². The van der Waals surface area contributed by atoms with Crippen molar-refractivity contribution in [2.45, 2.75) is 27.7 Å². The van der Waals surface area contributed by atoms with Gasteiger partial charge in [0.15, 0.2) is 11.2 Å². The van der Waals surface area contributed by atoms with Crippen LogP contribution in [0.3, 0.4) is 0 Å². The Labute approximate surface area is 167 Å². The van der Waals surface area contributed by atoms with Crippen molar-refractivity contribution in [2.24, 2.45) is 0 Å². The minimum Gasteiger partial charge on any atom is -0.408 e. The number of para-hydroxylation sites is 2. The van der Waals surface area contributed by atoms with E-state index in [1.54, 1.807) is 0 Å². The molecule has 0 saturated carbocycles. The molecule has 8 heteroatoms. The van der Waals surface area contributed by atoms with Crippen molar-refractivity contribution < 1.29 is 16.8 Å². The highest BCUT2D eigenvalue weighted by Crippen LogP contribution is 2.35. The molecule has 2 unspecified atom stereocenters. The highest BCUT2D eigenvalue weighted by atomic mass is 31.1. The molecule has 6 nitrogen and oxygen atoms in total. The number of benzene rings is 2. The number of nitrogens with zero attached hydrogens (tertiary/aromatic N) is 2. The van der Waals surface area contributed by atoms with E-state index in [0.29, 0.717) is 11.2 Å². The minimum absolute atomic E-state index is 0.666. The first-order chi connectivity index (χ1) is 13.7. The van der Waals surface area contributed by atoms with Gasteiger partial charge in [-0.2, -0.15) is 0 Å². The second-order valence-electron chi connectivity index (χ2n) is 6.04. The molecular weight excluding hydrogens is 394 g/mol. The molecule has 2 heterocycles. The zero-order chi connectivity index (χ0) is 19.9. The van der Waals surface area contributed by atoms with Crippen molar-refractivity contribution >= 4 is 38.7 Å². The van der Waals surface area contributed by atoms with E-state index >= 15 is 0 Å². The van der Waals surface area contributed by atoms with Gasteiger partial charge < -0.3 is 16.8 Å². The molecule has 152 valence electrons. The molecule has 0 aliphatic heterocycles. The fourth-order valence-corrected chi connectivity index (χ4v) is 5.39. The SMILES string of the molecule is CCN(CC)p1oc2ccc(cc2)op(N(CC)CC)oc2ccccc2o1. The zero-order valence-electron chi connectivity index (χ0n) is 16.9. The molecule has 0 amide bonds. The minimum atomic E-state index is -1.32. The summed E-state index contributed by atoms with van der Waals surface area (Å²) < 4.78 is 29.5. The highest BCUT2D eigenvalue weighted by Gasteiger charge is 2.11. The lowest BCUT2D eigenvalue weighted by Crippen LogP contribution is -2.17. The van der Waals surface area contributed by atoms with Crippen molar-refractivity contribution in [3.63, 3.8) is 0 Å². The van der Waals surface area contributed by atoms with E-state index in [0.717, 1.165) is 37.3 Å². The lowest BCUT2D eigenvalue weighted by Gasteiger charge is -2.15. The van der Waals surface area contributed by atoms with Gasteiger partial charge in [0.2, 0.25) is 0 Å². The van der Waals surface area contributed by atoms with Gasteiger partial charge in [-0.25, -0.2) is 9.34 Å². The standard InChI is InChI=1S/C20H28N2O4P2/c1-5-21(6-2)27-23-17-13-15-18(16-14-17)24-28(22(7-3)8-4)26-20-12-10-9-11-19(20)25-27/h9-16H,5-8H2,1-4H3. The largest absolute Gasteiger partial charge is 0.408 e. The average molecular weight is 422 g/mol. The molecule has 4 rings (SSSR count). The van der Waals surface area contributed by atoms with E-state index < -0.39 is 16.3 Å². The third-order valence-corrected chi connectivity index (χ3v) is 7.81. The predicted molar refractivity (Wildman–Crippen MR) is 119 cm³/mol. The molecule has 0 N–H and O–H groups in total. The average Bonchev–Trinajstić information content (AvgIpc) is 2.71. The van der Waals surface area contributed by atoms with E-state index in [1.807, 2.05) is 48.5 Å². The summed E-state index contributed by atoms with van der Waals surface area (Å²) in [7, 11) is -2.63. The molecule has 0 fully saturated rings. The molecule has 0 radical (unpaired) electrons. The van der Waals surface area contributed by atoms with Gasteiger partial charge in [-0.15, -0.1) is 0 Å². The van der Waals surface area contributed by atoms with E-state index in [4.69, 9.17) is 16.8 Å². The van der Waals surface area contributed by atoms with Crippen LogP contribution in [-0.4, -0.2) is 26.2 Å². The fourth-order valence-electron chi connectivity index (χ4n) is 2.69. The van der Waals surface area contributed by atoms with Crippen LogP contribution in [0.5, 0.6) is 0 Å². The maximum absolute atomic E-state index is 6.34. The Morgan fingerprint density at radius 2 is 0.929 bits per heavy atom. The van der Waals surface area contributed by atoms with E-state index in [2.05, 4.69) is 37.0 Å². The van der Waals surface area contributed by atoms with Crippen LogP contribution in [0.1, 0.15) is 27.7 Å². The Morgan fingerprint density at radius 3 is 1.25 bits per heavy atom. The molecule has 2 bridgehead atoms. The van der Waals surface area contributed by atoms with Crippen LogP contribution in [-0.2, 0) is 0 Å². The fraction of sp³-hybridized carbons (Fsp3) is 0.400. The number of rotatable bonds is 6. The second kappa shape index (κ2) is 10.1. The van der Waals surface area contributed by atoms with Gasteiger partial charge in [0, 0.05) is 26.2 Å². The lowest BCUT2D eigenvalue weighted by molar-refractivity contribution is 0.595. The van der Waals surface area contributed by atoms with Gasteiger partial charge in [-0.1, -0.05) is 39.8 Å². The Hall–Kier alpha value is -1.84. The van der Waals surface area contributed by atoms with Crippen molar-refractivity contribution in [3.8, 4) is 0 Å². The Bertz CT molecular complexity index is 909. The monoisotopic (exact) mass is 422 g/mol. The first-order valence-electron chi connectivity index (χ1n) is 9.69. The van der Waals surface area contributed by atoms with Crippen LogP contribution >= 0.6 is 16.3 Å². The summed E-state index contributed by atoms with van der Waals surface area (Å²) in [6.07, 6.45) is 0. The summed E-state index contributed by atoms with van der Waals surface area (Å²) in [5.41, 5.74) is 2.85. The van der Waals surface area contributed by atoms with E-state index in [9.17, 15) is 0 Å². The number of hydrogen-bond donors (Lipinski definition) is 0. The van der Waals surface area contributed by atoms with Gasteiger partial charge in [-0.05, 0) is 36.4 Å². The maximum Gasteiger partial charge on any atom is 0.309 e. The van der Waals surface area contributed by atoms with Crippen molar-refractivity contribution in [1.29, 1.82) is 0 Å². The molecule has 2 atom stereocenters. The molecule has 0 aliphatic carbocycles. The van der Waals surface area contributed by atoms with Gasteiger partial charge in [0.05, 0.1) is 0 Å². The van der Waals surface area contributed by atoms with E-state index in [-0.39, 0.29) is 0 Å². The van der Waals surface area contributed by atoms with Crippen LogP contribution in [0.4, 0.5) is 0 Å². The van der Waals surface area contributed by atoms with Gasteiger partial charge >= 0.3 is 16.3 Å². The first-order valence-corrected chi connectivity index (χ1v) is 11.9. The van der Waals surface area contributed by atoms with Crippen LogP contribution in [0.25, 0.3) is 22.3 Å². The molecule has 0 aliphatic rings. The number of hydrogen-bond acceptors (Lipinski definition) is 6. The second-order valence-corrected chi connectivity index (χ2v) is 8.85. The normalized spacial score (nSPS) is 12.6. The van der Waals surface area contributed by atoms with Crippen LogP contribution in [0.2, 0.25) is 0 Å². The van der Waals surface area contributed by atoms with Crippen LogP contribution in [0, 0.1) is 0 Å². The number of fused-ring (bicyclic) bond motifs is 6. The van der Waals surface area contributed by atoms with Crippen LogP contribution < -0.4 is 9.34 Å². The molecule has 2 aromatic carbocycles. The summed E-state index contributed by atoms with van der Waals surface area (Å²) in [5.74, 6) is 0. The van der Waals surface area contributed by atoms with Gasteiger partial charge in [0.25, 0.3) is 0 Å². The Morgan fingerprint density at radius 1 is 0.571 bits per heavy atom. The summed E-state index contributed by atoms with van der Waals surface area (Å²) in [6.45, 7) is 11.7. The molecule has 2 aromatic heterocycles. The van der Waals surface area contributed by atoms with Gasteiger partial charge in [0.1, 0.15) is 11.2 Å². The van der Waals surface area contributed by atoms with Crippen molar-refractivity contribution in [3.05, 3.63) is 48.5 Å². The molecule has 0 spiro atoms. The molecule has 0 saturated heterocycles. The summed E-state index contributed by atoms with van der Waals surface area (Å²) in [6, 6.07) is 15.4. The Balaban J connectivity index is 2.44. The molecule has 28 heavy (non-hydrogen) atoms. The summed E-state index contributed by atoms with van der Waals surface area (Å²) in [4.78, 5) is 0. The van der Waals surface area contributed by atoms with Crippen molar-refractivity contribution in [1.82, 2.24) is 0 Å².